The zero-order valence-corrected chi connectivity index (χ0v) is 15.7. The van der Waals surface area contributed by atoms with E-state index >= 15 is 0 Å². The Hall–Kier alpha value is -3.75. The summed E-state index contributed by atoms with van der Waals surface area (Å²) in [6, 6.07) is 10.0. The van der Waals surface area contributed by atoms with Gasteiger partial charge in [0.15, 0.2) is 0 Å². The summed E-state index contributed by atoms with van der Waals surface area (Å²) < 4.78 is 5.14. The van der Waals surface area contributed by atoms with Crippen LogP contribution in [0.4, 0.5) is 11.4 Å². The van der Waals surface area contributed by atoms with Crippen LogP contribution in [0, 0.1) is 10.1 Å². The molecule has 29 heavy (non-hydrogen) atoms. The van der Waals surface area contributed by atoms with E-state index in [1.165, 1.54) is 12.1 Å². The first-order valence-corrected chi connectivity index (χ1v) is 9.08. The molecule has 0 fully saturated rings. The van der Waals surface area contributed by atoms with Crippen molar-refractivity contribution in [1.29, 1.82) is 0 Å². The van der Waals surface area contributed by atoms with Gasteiger partial charge in [-0.15, -0.1) is 0 Å². The van der Waals surface area contributed by atoms with E-state index in [0.29, 0.717) is 17.9 Å². The molecule has 0 aromatic heterocycles. The van der Waals surface area contributed by atoms with Crippen molar-refractivity contribution in [2.75, 3.05) is 18.6 Å². The van der Waals surface area contributed by atoms with Gasteiger partial charge in [0.1, 0.15) is 0 Å². The first kappa shape index (κ1) is 20.0. The zero-order chi connectivity index (χ0) is 21.0. The van der Waals surface area contributed by atoms with Crippen molar-refractivity contribution in [2.45, 2.75) is 19.8 Å². The minimum absolute atomic E-state index is 0.0103. The lowest BCUT2D eigenvalue weighted by atomic mass is 10.1. The van der Waals surface area contributed by atoms with Crippen molar-refractivity contribution in [2.24, 2.45) is 0 Å². The van der Waals surface area contributed by atoms with Gasteiger partial charge in [-0.2, -0.15) is 0 Å². The number of ether oxygens (including phenoxy) is 1. The first-order valence-electron chi connectivity index (χ1n) is 9.08. The number of hydrogen-bond donors (Lipinski definition) is 1. The van der Waals surface area contributed by atoms with Gasteiger partial charge in [0.2, 0.25) is 0 Å². The van der Waals surface area contributed by atoms with Crippen LogP contribution in [-0.4, -0.2) is 40.9 Å². The van der Waals surface area contributed by atoms with Gasteiger partial charge in [0, 0.05) is 17.8 Å². The topological polar surface area (TPSA) is 119 Å². The van der Waals surface area contributed by atoms with E-state index in [0.717, 1.165) is 23.8 Å². The second-order valence-corrected chi connectivity index (χ2v) is 6.43. The Bertz CT molecular complexity index is 971. The minimum Gasteiger partial charge on any atom is -0.462 e. The molecule has 0 saturated heterocycles. The minimum atomic E-state index is -0.617. The molecule has 0 atom stereocenters. The molecule has 1 heterocycles. The summed E-state index contributed by atoms with van der Waals surface area (Å²) in [5.41, 5.74) is 0.891. The third-order valence-electron chi connectivity index (χ3n) is 4.46. The number of carbonyl (C=O) groups excluding carboxylic acids is 3. The Balaban J connectivity index is 1.63. The molecule has 1 aliphatic rings. The van der Waals surface area contributed by atoms with E-state index in [1.54, 1.807) is 24.3 Å². The molecule has 3 rings (SSSR count). The zero-order valence-electron chi connectivity index (χ0n) is 15.7. The number of benzene rings is 2. The normalized spacial score (nSPS) is 12.7. The standard InChI is InChI=1S/C20H19N3O6/c1-2-3-10-29-20(26)13-4-6-14(7-5-13)21-12-22-18(24)16-9-8-15(23(27)28)11-17(16)19(22)25/h4-9,11,21H,2-3,10,12H2,1H3. The van der Waals surface area contributed by atoms with Gasteiger partial charge in [-0.25, -0.2) is 4.79 Å². The largest absolute Gasteiger partial charge is 0.462 e. The van der Waals surface area contributed by atoms with E-state index in [1.807, 2.05) is 6.92 Å². The van der Waals surface area contributed by atoms with Crippen molar-refractivity contribution < 1.29 is 24.0 Å². The summed E-state index contributed by atoms with van der Waals surface area (Å²) in [6.45, 7) is 2.26. The molecular formula is C20H19N3O6. The van der Waals surface area contributed by atoms with E-state index in [2.05, 4.69) is 5.32 Å². The van der Waals surface area contributed by atoms with Crippen LogP contribution < -0.4 is 5.32 Å². The molecule has 2 aromatic carbocycles. The van der Waals surface area contributed by atoms with Crippen molar-refractivity contribution in [1.82, 2.24) is 4.90 Å². The number of anilines is 1. The summed E-state index contributed by atoms with van der Waals surface area (Å²) in [5, 5.41) is 13.8. The van der Waals surface area contributed by atoms with Crippen LogP contribution in [0.15, 0.2) is 42.5 Å². The molecule has 150 valence electrons. The van der Waals surface area contributed by atoms with Crippen LogP contribution in [0.3, 0.4) is 0 Å². The summed E-state index contributed by atoms with van der Waals surface area (Å²) in [7, 11) is 0. The van der Waals surface area contributed by atoms with Gasteiger partial charge in [0.25, 0.3) is 17.5 Å². The number of non-ortho nitro benzene ring substituents is 1. The van der Waals surface area contributed by atoms with Crippen LogP contribution in [0.5, 0.6) is 0 Å². The number of nitrogens with one attached hydrogen (secondary N) is 1. The molecule has 9 heteroatoms. The van der Waals surface area contributed by atoms with Crippen molar-refractivity contribution in [3.05, 3.63) is 69.3 Å². The maximum Gasteiger partial charge on any atom is 0.338 e. The molecule has 0 radical (unpaired) electrons. The number of rotatable bonds is 8. The lowest BCUT2D eigenvalue weighted by Crippen LogP contribution is -2.34. The quantitative estimate of drug-likeness (QED) is 0.239. The van der Waals surface area contributed by atoms with Crippen LogP contribution in [-0.2, 0) is 4.74 Å². The second kappa shape index (κ2) is 8.51. The van der Waals surface area contributed by atoms with Gasteiger partial charge in [-0.3, -0.25) is 24.6 Å². The number of hydrogen-bond acceptors (Lipinski definition) is 7. The Kier molecular flexibility index (Phi) is 5.87. The summed E-state index contributed by atoms with van der Waals surface area (Å²) in [6.07, 6.45) is 1.73. The van der Waals surface area contributed by atoms with Gasteiger partial charge in [-0.05, 0) is 36.8 Å². The predicted molar refractivity (Wildman–Crippen MR) is 104 cm³/mol. The molecule has 1 N–H and O–H groups in total. The Morgan fingerprint density at radius 3 is 2.45 bits per heavy atom. The number of unbranched alkanes of at least 4 members (excludes halogenated alkanes) is 1. The lowest BCUT2D eigenvalue weighted by Gasteiger charge is -2.15. The number of amides is 2. The maximum absolute atomic E-state index is 12.5. The van der Waals surface area contributed by atoms with Gasteiger partial charge in [0.05, 0.1) is 34.9 Å². The van der Waals surface area contributed by atoms with Crippen LogP contribution in [0.25, 0.3) is 0 Å². The van der Waals surface area contributed by atoms with Crippen molar-refractivity contribution in [3.8, 4) is 0 Å². The number of nitro benzene ring substituents is 1. The van der Waals surface area contributed by atoms with Gasteiger partial charge >= 0.3 is 5.97 Å². The van der Waals surface area contributed by atoms with Gasteiger partial charge in [-0.1, -0.05) is 13.3 Å². The number of esters is 1. The second-order valence-electron chi connectivity index (χ2n) is 6.43. The number of nitrogens with zero attached hydrogens (tertiary/aromatic N) is 2. The van der Waals surface area contributed by atoms with Gasteiger partial charge < -0.3 is 10.1 Å². The monoisotopic (exact) mass is 397 g/mol. The third-order valence-corrected chi connectivity index (χ3v) is 4.46. The summed E-state index contributed by atoms with van der Waals surface area (Å²) >= 11 is 0. The molecule has 2 aromatic rings. The molecular weight excluding hydrogens is 378 g/mol. The Morgan fingerprint density at radius 1 is 1.10 bits per heavy atom. The molecule has 9 nitrogen and oxygen atoms in total. The first-order chi connectivity index (χ1) is 13.9. The Labute approximate surface area is 166 Å². The highest BCUT2D eigenvalue weighted by atomic mass is 16.6. The molecule has 0 aliphatic carbocycles. The highest BCUT2D eigenvalue weighted by Crippen LogP contribution is 2.26. The van der Waals surface area contributed by atoms with E-state index < -0.39 is 22.7 Å². The molecule has 0 saturated carbocycles. The van der Waals surface area contributed by atoms with Crippen LogP contribution in [0.1, 0.15) is 50.8 Å². The van der Waals surface area contributed by atoms with E-state index in [9.17, 15) is 24.5 Å². The lowest BCUT2D eigenvalue weighted by molar-refractivity contribution is -0.384. The fourth-order valence-electron chi connectivity index (χ4n) is 2.82. The summed E-state index contributed by atoms with van der Waals surface area (Å²) in [5.74, 6) is -1.53. The van der Waals surface area contributed by atoms with Crippen LogP contribution in [0.2, 0.25) is 0 Å². The van der Waals surface area contributed by atoms with E-state index in [4.69, 9.17) is 4.74 Å². The number of imide groups is 1. The molecule has 0 spiro atoms. The molecule has 0 bridgehead atoms. The predicted octanol–water partition coefficient (Wildman–Crippen LogP) is 3.22. The fraction of sp³-hybridized carbons (Fsp3) is 0.250. The molecule has 2 amide bonds. The van der Waals surface area contributed by atoms with Crippen molar-refractivity contribution >= 4 is 29.2 Å². The summed E-state index contributed by atoms with van der Waals surface area (Å²) in [4.78, 5) is 48.0. The van der Waals surface area contributed by atoms with Crippen molar-refractivity contribution in [3.63, 3.8) is 0 Å². The molecule has 1 aliphatic heterocycles. The maximum atomic E-state index is 12.5. The smallest absolute Gasteiger partial charge is 0.338 e. The van der Waals surface area contributed by atoms with Crippen LogP contribution >= 0.6 is 0 Å². The number of carbonyl (C=O) groups is 3. The Morgan fingerprint density at radius 2 is 1.79 bits per heavy atom. The highest BCUT2D eigenvalue weighted by molar-refractivity contribution is 6.21. The fourth-order valence-corrected chi connectivity index (χ4v) is 2.82. The highest BCUT2D eigenvalue weighted by Gasteiger charge is 2.36. The number of nitro groups is 1. The van der Waals surface area contributed by atoms with E-state index in [-0.39, 0.29) is 23.5 Å². The SMILES string of the molecule is CCCCOC(=O)c1ccc(NCN2C(=O)c3ccc([N+](=O)[O-])cc3C2=O)cc1. The third kappa shape index (κ3) is 4.23. The average Bonchev–Trinajstić information content (AvgIpc) is 2.96. The average molecular weight is 397 g/mol. The molecule has 0 unspecified atom stereocenters. The number of fused-ring (bicyclic) bond motifs is 1.